The highest BCUT2D eigenvalue weighted by atomic mass is 32.1. The van der Waals surface area contributed by atoms with Crippen LogP contribution in [0.1, 0.15) is 109 Å². The number of hydrogen-bond acceptors (Lipinski definition) is 15. The molecule has 0 aliphatic carbocycles. The first kappa shape index (κ1) is 96.2. The molecule has 4 fully saturated rings. The van der Waals surface area contributed by atoms with Gasteiger partial charge in [-0.3, -0.25) is 48.4 Å². The van der Waals surface area contributed by atoms with E-state index < -0.39 is 57.1 Å². The number of aromatic hydroxyl groups is 1. The second-order valence-electron chi connectivity index (χ2n) is 32.3. The van der Waals surface area contributed by atoms with Crippen LogP contribution in [0.15, 0.2) is 218 Å². The number of ether oxygens (including phenoxy) is 3. The molecule has 0 bridgehead atoms. The Hall–Kier alpha value is -15.9. The minimum absolute atomic E-state index is 0.00302. The van der Waals surface area contributed by atoms with Gasteiger partial charge in [0.2, 0.25) is 0 Å². The van der Waals surface area contributed by atoms with Crippen molar-refractivity contribution < 1.29 is 75.5 Å². The molecule has 4 N–H and O–H groups in total. The van der Waals surface area contributed by atoms with Gasteiger partial charge in [0.1, 0.15) is 45.0 Å². The third kappa shape index (κ3) is 18.6. The van der Waals surface area contributed by atoms with Gasteiger partial charge in [-0.25, -0.2) is 41.7 Å². The summed E-state index contributed by atoms with van der Waals surface area (Å²) in [6, 6.07) is 55.7. The number of aromatic carboxylic acids is 1. The Morgan fingerprint density at radius 3 is 0.782 bits per heavy atom. The maximum absolute atomic E-state index is 15.2. The van der Waals surface area contributed by atoms with Crippen LogP contribution in [0.2, 0.25) is 0 Å². The van der Waals surface area contributed by atoms with Crippen LogP contribution in [-0.4, -0.2) is 108 Å². The van der Waals surface area contributed by atoms with Crippen molar-refractivity contribution in [2.45, 2.75) is 105 Å². The minimum Gasteiger partial charge on any atom is -0.505 e. The SMILES string of the molecule is [C-]#[N+]c1ccc(N2C(=O)C(C)(C)N(c3ccc(O)c(F)c3)C2=S)cc1C.[C-]#[N+]c1ccc(N2C(=O)C(C)(C)N(c3ccc(Oc4ccccc4C(=O)NC)c(F)c3)C2=S)cc1C.[C-]#[N+]c1ccc(N2C(=O)C(C)(C)N(c3ccc(Oc4ccccc4C(=O)NC)c(F)c3)C2=S)cc1C.[C-]#[N+]c1ccc(N2C(=O)C(C)(C)N(c3ccc(Oc4ccccc4C(=O)O)c(F)c3)C2=S)cc1C. The molecular formula is C99H82F4N14O12S4. The standard InChI is InChI=1S/2C27H23FN4O3S.C26H20FN3O4S.C19H16FN3O2S/c2*1-16-14-17(10-12-21(16)29-4)31-25(34)27(2,3)32(26(31)36)18-11-13-23(20(28)15-18)35-22-9-7-6-8-19(22)24(33)30-5;1-15-13-16(9-11-20(15)28-4)29-24(33)26(2,3)30(25(29)35)17-10-12-22(19(27)14-17)34-21-8-6-5-7-18(21)23(31)32;1-11-9-12(5-7-15(11)21-4)22-17(25)19(2,3)23(18(22)26)13-6-8-16(24)14(20)10-13/h2*6-15H,1-3,5H3,(H,30,33);5-14H,1-3H3,(H,31,32);5-10,24H,1-3H3. The number of rotatable bonds is 17. The zero-order valence-corrected chi connectivity index (χ0v) is 77.0. The van der Waals surface area contributed by atoms with Crippen molar-refractivity contribution in [3.05, 3.63) is 326 Å². The topological polar surface area (TPSA) is 255 Å². The predicted molar refractivity (Wildman–Crippen MR) is 517 cm³/mol. The highest BCUT2D eigenvalue weighted by Gasteiger charge is 2.55. The third-order valence-corrected chi connectivity index (χ3v) is 23.6. The number of phenols is 1. The van der Waals surface area contributed by atoms with Gasteiger partial charge in [0.25, 0.3) is 35.4 Å². The molecule has 0 radical (unpaired) electrons. The molecule has 4 aliphatic heterocycles. The first-order chi connectivity index (χ1) is 62.9. The fourth-order valence-corrected chi connectivity index (χ4v) is 17.1. The van der Waals surface area contributed by atoms with Gasteiger partial charge in [-0.05, 0) is 288 Å². The Kier molecular flexibility index (Phi) is 27.8. The largest absolute Gasteiger partial charge is 0.505 e. The molecule has 15 rings (SSSR count). The summed E-state index contributed by atoms with van der Waals surface area (Å²) in [5.74, 6) is -6.28. The number of aryl methyl sites for hydroxylation is 4. The second-order valence-corrected chi connectivity index (χ2v) is 33.8. The van der Waals surface area contributed by atoms with Gasteiger partial charge < -0.3 is 54.7 Å². The summed E-state index contributed by atoms with van der Waals surface area (Å²) in [7, 11) is 3.00. The smallest absolute Gasteiger partial charge is 0.339 e. The lowest BCUT2D eigenvalue weighted by atomic mass is 10.0. The zero-order valence-electron chi connectivity index (χ0n) is 73.8. The molecule has 0 unspecified atom stereocenters. The van der Waals surface area contributed by atoms with Crippen LogP contribution in [0.25, 0.3) is 19.4 Å². The third-order valence-electron chi connectivity index (χ3n) is 22.1. The molecule has 672 valence electrons. The number of nitrogens with zero attached hydrogens (tertiary/aromatic N) is 12. The van der Waals surface area contributed by atoms with Crippen LogP contribution in [0.4, 0.5) is 85.8 Å². The Labute approximate surface area is 785 Å². The van der Waals surface area contributed by atoms with Gasteiger partial charge in [-0.1, -0.05) is 60.7 Å². The average Bonchev–Trinajstić information content (AvgIpc) is 1.60. The lowest BCUT2D eigenvalue weighted by molar-refractivity contribution is -0.121. The zero-order chi connectivity index (χ0) is 97.1. The number of carbonyl (C=O) groups is 7. The van der Waals surface area contributed by atoms with Gasteiger partial charge in [-0.15, -0.1) is 0 Å². The fourth-order valence-electron chi connectivity index (χ4n) is 15.1. The van der Waals surface area contributed by atoms with Crippen molar-refractivity contribution in [2.24, 2.45) is 0 Å². The molecule has 0 saturated carbocycles. The predicted octanol–water partition coefficient (Wildman–Crippen LogP) is 21.9. The van der Waals surface area contributed by atoms with E-state index in [9.17, 15) is 48.2 Å². The van der Waals surface area contributed by atoms with Crippen molar-refractivity contribution in [3.63, 3.8) is 0 Å². The molecule has 0 aromatic heterocycles. The maximum atomic E-state index is 15.2. The molecule has 26 nitrogen and oxygen atoms in total. The molecule has 4 heterocycles. The molecule has 6 amide bonds. The van der Waals surface area contributed by atoms with E-state index in [2.05, 4.69) is 30.0 Å². The van der Waals surface area contributed by atoms with Crippen molar-refractivity contribution in [3.8, 4) is 40.2 Å². The lowest BCUT2D eigenvalue weighted by Crippen LogP contribution is -2.44. The number of thiocarbonyl (C=S) groups is 4. The Balaban J connectivity index is 0.000000161. The highest BCUT2D eigenvalue weighted by molar-refractivity contribution is 7.81. The first-order valence-corrected chi connectivity index (χ1v) is 42.1. The maximum Gasteiger partial charge on any atom is 0.339 e. The molecule has 11 aromatic carbocycles. The summed E-state index contributed by atoms with van der Waals surface area (Å²) in [5, 5.41) is 24.6. The van der Waals surface area contributed by atoms with Crippen LogP contribution in [0, 0.1) is 77.3 Å². The summed E-state index contributed by atoms with van der Waals surface area (Å²) in [5.41, 5.74) is 4.56. The summed E-state index contributed by atoms with van der Waals surface area (Å²) in [6.45, 7) is 49.6. The normalized spacial score (nSPS) is 14.9. The van der Waals surface area contributed by atoms with E-state index in [0.717, 1.165) is 22.8 Å². The van der Waals surface area contributed by atoms with E-state index in [1.165, 1.54) is 94.4 Å². The molecule has 133 heavy (non-hydrogen) atoms. The van der Waals surface area contributed by atoms with Gasteiger partial charge in [-0.2, -0.15) is 0 Å². The summed E-state index contributed by atoms with van der Waals surface area (Å²) in [6.07, 6.45) is 0. The number of benzene rings is 11. The van der Waals surface area contributed by atoms with E-state index in [0.29, 0.717) is 73.8 Å². The Morgan fingerprint density at radius 1 is 0.331 bits per heavy atom. The fraction of sp³-hybridized carbons (Fsp3) is 0.182. The summed E-state index contributed by atoms with van der Waals surface area (Å²) in [4.78, 5) is 114. The molecule has 11 aromatic rings. The number of carbonyl (C=O) groups excluding carboxylic acids is 6. The number of nitrogens with one attached hydrogen (secondary N) is 2. The lowest BCUT2D eigenvalue weighted by Gasteiger charge is -2.29. The number of para-hydroxylation sites is 3. The highest BCUT2D eigenvalue weighted by Crippen LogP contribution is 2.46. The van der Waals surface area contributed by atoms with E-state index in [1.807, 2.05) is 0 Å². The molecule has 0 spiro atoms. The molecule has 4 aliphatic rings. The van der Waals surface area contributed by atoms with Crippen LogP contribution in [-0.2, 0) is 19.2 Å². The first-order valence-electron chi connectivity index (χ1n) is 40.5. The monoisotopic (exact) mass is 1860 g/mol. The Bertz CT molecular complexity index is 6700. The van der Waals surface area contributed by atoms with Crippen molar-refractivity contribution in [1.29, 1.82) is 0 Å². The number of phenolic OH excluding ortho intramolecular Hbond substituents is 1. The van der Waals surface area contributed by atoms with Crippen molar-refractivity contribution in [1.82, 2.24) is 10.6 Å². The molecule has 0 atom stereocenters. The number of carboxylic acid groups (broad SMARTS) is 1. The minimum atomic E-state index is -1.19. The van der Waals surface area contributed by atoms with Gasteiger partial charge in [0.05, 0.1) is 37.4 Å². The number of halogens is 4. The average molecular weight is 1860 g/mol. The van der Waals surface area contributed by atoms with Crippen LogP contribution in [0.5, 0.6) is 40.2 Å². The van der Waals surface area contributed by atoms with E-state index in [1.54, 1.807) is 254 Å². The van der Waals surface area contributed by atoms with Gasteiger partial charge in [0.15, 0.2) is 89.5 Å². The number of amides is 6. The van der Waals surface area contributed by atoms with E-state index in [4.69, 9.17) is 89.4 Å². The second kappa shape index (κ2) is 38.4. The number of anilines is 8. The van der Waals surface area contributed by atoms with Gasteiger partial charge in [0, 0.05) is 83.9 Å². The molecular weight excluding hydrogens is 1780 g/mol. The van der Waals surface area contributed by atoms with Gasteiger partial charge >= 0.3 is 5.97 Å². The van der Waals surface area contributed by atoms with E-state index >= 15 is 13.2 Å². The molecule has 34 heteroatoms. The van der Waals surface area contributed by atoms with E-state index in [-0.39, 0.29) is 107 Å². The number of carboxylic acids is 1. The van der Waals surface area contributed by atoms with Crippen LogP contribution < -0.4 is 64.0 Å². The molecule has 4 saturated heterocycles. The number of hydrogen-bond donors (Lipinski definition) is 4. The van der Waals surface area contributed by atoms with Crippen molar-refractivity contribution in [2.75, 3.05) is 53.3 Å². The summed E-state index contributed by atoms with van der Waals surface area (Å²) >= 11 is 22.5. The van der Waals surface area contributed by atoms with Crippen LogP contribution >= 0.6 is 48.9 Å². The summed E-state index contributed by atoms with van der Waals surface area (Å²) < 4.78 is 76.3. The van der Waals surface area contributed by atoms with Crippen LogP contribution in [0.3, 0.4) is 0 Å². The quantitative estimate of drug-likeness (QED) is 0.0375. The Morgan fingerprint density at radius 2 is 0.556 bits per heavy atom. The van der Waals surface area contributed by atoms with Crippen molar-refractivity contribution >= 4 is 179 Å².